The fraction of sp³-hybridized carbons (Fsp3) is 0.267. The van der Waals surface area contributed by atoms with E-state index in [1.54, 1.807) is 6.20 Å². The molecule has 3 heteroatoms. The molecule has 1 N–H and O–H groups in total. The number of hydrogen-bond donors (Lipinski definition) is 1. The molecule has 1 unspecified atom stereocenters. The van der Waals surface area contributed by atoms with Crippen LogP contribution in [-0.4, -0.2) is 10.1 Å². The smallest absolute Gasteiger partial charge is 0.0794 e. The van der Waals surface area contributed by atoms with Crippen molar-refractivity contribution in [1.82, 2.24) is 4.98 Å². The van der Waals surface area contributed by atoms with E-state index >= 15 is 0 Å². The minimum absolute atomic E-state index is 0.495. The van der Waals surface area contributed by atoms with Crippen LogP contribution in [0.5, 0.6) is 0 Å². The van der Waals surface area contributed by atoms with Crippen LogP contribution in [0.25, 0.3) is 0 Å². The van der Waals surface area contributed by atoms with E-state index in [0.717, 1.165) is 23.2 Å². The van der Waals surface area contributed by atoms with E-state index in [4.69, 9.17) is 11.6 Å². The first-order valence-electron chi connectivity index (χ1n) is 6.01. The lowest BCUT2D eigenvalue weighted by Crippen LogP contribution is -2.01. The Kier molecular flexibility index (Phi) is 4.34. The Bertz CT molecular complexity index is 513. The molecule has 0 aliphatic heterocycles. The molecule has 0 aliphatic carbocycles. The molecule has 1 atom stereocenters. The van der Waals surface area contributed by atoms with E-state index in [1.165, 1.54) is 0 Å². The maximum atomic E-state index is 10.1. The summed E-state index contributed by atoms with van der Waals surface area (Å²) in [6.07, 6.45) is 2.68. The standard InChI is InChI=1S/C15H16ClNO/c1-11-5-6-12(10-14(11)16)15(18)8-7-13-4-2-3-9-17-13/h2-6,9-10,15,18H,7-8H2,1H3. The van der Waals surface area contributed by atoms with Crippen LogP contribution in [0.1, 0.15) is 29.3 Å². The Balaban J connectivity index is 1.99. The maximum Gasteiger partial charge on any atom is 0.0794 e. The van der Waals surface area contributed by atoms with E-state index in [-0.39, 0.29) is 0 Å². The van der Waals surface area contributed by atoms with Crippen molar-refractivity contribution in [3.63, 3.8) is 0 Å². The quantitative estimate of drug-likeness (QED) is 0.910. The highest BCUT2D eigenvalue weighted by Gasteiger charge is 2.09. The number of halogens is 1. The molecule has 0 bridgehead atoms. The number of aliphatic hydroxyl groups is 1. The van der Waals surface area contributed by atoms with E-state index < -0.39 is 6.10 Å². The second kappa shape index (κ2) is 5.98. The van der Waals surface area contributed by atoms with Crippen LogP contribution in [0.15, 0.2) is 42.6 Å². The second-order valence-corrected chi connectivity index (χ2v) is 4.79. The normalized spacial score (nSPS) is 12.4. The molecule has 2 aromatic rings. The minimum atomic E-state index is -0.495. The molecular formula is C15H16ClNO. The fourth-order valence-corrected chi connectivity index (χ4v) is 2.00. The van der Waals surface area contributed by atoms with Crippen LogP contribution >= 0.6 is 11.6 Å². The first-order chi connectivity index (χ1) is 8.66. The average Bonchev–Trinajstić information content (AvgIpc) is 2.40. The Hall–Kier alpha value is -1.38. The van der Waals surface area contributed by atoms with Crippen molar-refractivity contribution in [3.8, 4) is 0 Å². The number of pyridine rings is 1. The van der Waals surface area contributed by atoms with Gasteiger partial charge in [-0.1, -0.05) is 29.8 Å². The molecule has 94 valence electrons. The molecule has 0 saturated carbocycles. The average molecular weight is 262 g/mol. The zero-order valence-electron chi connectivity index (χ0n) is 10.3. The van der Waals surface area contributed by atoms with Crippen molar-refractivity contribution in [2.75, 3.05) is 0 Å². The van der Waals surface area contributed by atoms with Crippen molar-refractivity contribution in [1.29, 1.82) is 0 Å². The van der Waals surface area contributed by atoms with E-state index in [0.29, 0.717) is 11.4 Å². The summed E-state index contributed by atoms with van der Waals surface area (Å²) < 4.78 is 0. The second-order valence-electron chi connectivity index (χ2n) is 4.38. The van der Waals surface area contributed by atoms with Gasteiger partial charge in [-0.25, -0.2) is 0 Å². The molecule has 1 aromatic heterocycles. The molecule has 0 amide bonds. The summed E-state index contributed by atoms with van der Waals surface area (Å²) in [5.41, 5.74) is 2.88. The van der Waals surface area contributed by atoms with E-state index in [2.05, 4.69) is 4.98 Å². The van der Waals surface area contributed by atoms with Crippen LogP contribution in [0, 0.1) is 6.92 Å². The molecule has 2 rings (SSSR count). The lowest BCUT2D eigenvalue weighted by atomic mass is 10.0. The zero-order valence-corrected chi connectivity index (χ0v) is 11.1. The summed E-state index contributed by atoms with van der Waals surface area (Å²) in [7, 11) is 0. The van der Waals surface area contributed by atoms with Crippen molar-refractivity contribution in [2.24, 2.45) is 0 Å². The predicted molar refractivity (Wildman–Crippen MR) is 73.7 cm³/mol. The van der Waals surface area contributed by atoms with Crippen molar-refractivity contribution in [3.05, 3.63) is 64.4 Å². The number of benzene rings is 1. The van der Waals surface area contributed by atoms with Gasteiger partial charge in [-0.2, -0.15) is 0 Å². The number of nitrogens with zero attached hydrogens (tertiary/aromatic N) is 1. The van der Waals surface area contributed by atoms with Crippen LogP contribution in [0.2, 0.25) is 5.02 Å². The first kappa shape index (κ1) is 13.1. The van der Waals surface area contributed by atoms with Gasteiger partial charge in [-0.05, 0) is 49.1 Å². The summed E-state index contributed by atoms with van der Waals surface area (Å²) in [4.78, 5) is 4.24. The van der Waals surface area contributed by atoms with Crippen molar-refractivity contribution in [2.45, 2.75) is 25.9 Å². The van der Waals surface area contributed by atoms with Crippen LogP contribution in [-0.2, 0) is 6.42 Å². The lowest BCUT2D eigenvalue weighted by molar-refractivity contribution is 0.167. The van der Waals surface area contributed by atoms with Gasteiger partial charge in [0.1, 0.15) is 0 Å². The van der Waals surface area contributed by atoms with Gasteiger partial charge in [0.05, 0.1) is 6.10 Å². The summed E-state index contributed by atoms with van der Waals surface area (Å²) in [6, 6.07) is 11.5. The van der Waals surface area contributed by atoms with E-state index in [1.807, 2.05) is 43.3 Å². The topological polar surface area (TPSA) is 33.1 Å². The highest BCUT2D eigenvalue weighted by atomic mass is 35.5. The molecule has 1 aromatic carbocycles. The first-order valence-corrected chi connectivity index (χ1v) is 6.38. The molecule has 0 spiro atoms. The van der Waals surface area contributed by atoms with Crippen LogP contribution < -0.4 is 0 Å². The molecule has 0 aliphatic rings. The van der Waals surface area contributed by atoms with Gasteiger partial charge in [0, 0.05) is 16.9 Å². The third-order valence-corrected chi connectivity index (χ3v) is 3.39. The zero-order chi connectivity index (χ0) is 13.0. The van der Waals surface area contributed by atoms with Gasteiger partial charge in [0.2, 0.25) is 0 Å². The number of aromatic nitrogens is 1. The van der Waals surface area contributed by atoms with Gasteiger partial charge in [-0.15, -0.1) is 0 Å². The van der Waals surface area contributed by atoms with Gasteiger partial charge in [-0.3, -0.25) is 4.98 Å². The molecule has 0 radical (unpaired) electrons. The van der Waals surface area contributed by atoms with Crippen LogP contribution in [0.3, 0.4) is 0 Å². The molecule has 1 heterocycles. The summed E-state index contributed by atoms with van der Waals surface area (Å²) in [5, 5.41) is 10.8. The minimum Gasteiger partial charge on any atom is -0.388 e. The number of hydrogen-bond acceptors (Lipinski definition) is 2. The monoisotopic (exact) mass is 261 g/mol. The third-order valence-electron chi connectivity index (χ3n) is 2.98. The Labute approximate surface area is 112 Å². The number of aryl methyl sites for hydroxylation is 2. The maximum absolute atomic E-state index is 10.1. The molecular weight excluding hydrogens is 246 g/mol. The van der Waals surface area contributed by atoms with Crippen LogP contribution in [0.4, 0.5) is 0 Å². The van der Waals surface area contributed by atoms with Crippen molar-refractivity contribution < 1.29 is 5.11 Å². The Morgan fingerprint density at radius 1 is 1.28 bits per heavy atom. The van der Waals surface area contributed by atoms with Gasteiger partial charge in [0.15, 0.2) is 0 Å². The molecule has 18 heavy (non-hydrogen) atoms. The van der Waals surface area contributed by atoms with E-state index in [9.17, 15) is 5.11 Å². The largest absolute Gasteiger partial charge is 0.388 e. The summed E-state index contributed by atoms with van der Waals surface area (Å²) >= 11 is 6.05. The Morgan fingerprint density at radius 2 is 2.11 bits per heavy atom. The van der Waals surface area contributed by atoms with Gasteiger partial charge in [0.25, 0.3) is 0 Å². The fourth-order valence-electron chi connectivity index (χ4n) is 1.81. The lowest BCUT2D eigenvalue weighted by Gasteiger charge is -2.11. The third kappa shape index (κ3) is 3.31. The highest BCUT2D eigenvalue weighted by Crippen LogP contribution is 2.24. The SMILES string of the molecule is Cc1ccc(C(O)CCc2ccccn2)cc1Cl. The molecule has 0 fully saturated rings. The number of rotatable bonds is 4. The summed E-state index contributed by atoms with van der Waals surface area (Å²) in [6.45, 7) is 1.95. The number of aliphatic hydroxyl groups excluding tert-OH is 1. The van der Waals surface area contributed by atoms with Crippen molar-refractivity contribution >= 4 is 11.6 Å². The molecule has 0 saturated heterocycles. The van der Waals surface area contributed by atoms with Gasteiger partial charge < -0.3 is 5.11 Å². The van der Waals surface area contributed by atoms with Gasteiger partial charge >= 0.3 is 0 Å². The molecule has 2 nitrogen and oxygen atoms in total. The highest BCUT2D eigenvalue weighted by molar-refractivity contribution is 6.31. The Morgan fingerprint density at radius 3 is 2.78 bits per heavy atom. The predicted octanol–water partition coefficient (Wildman–Crippen LogP) is 3.71. The summed E-state index contributed by atoms with van der Waals surface area (Å²) in [5.74, 6) is 0.